The van der Waals surface area contributed by atoms with Gasteiger partial charge in [0.15, 0.2) is 11.5 Å². The van der Waals surface area contributed by atoms with Crippen molar-refractivity contribution in [2.45, 2.75) is 25.7 Å². The smallest absolute Gasteiger partial charge is 0.203 e. The molecule has 0 spiro atoms. The van der Waals surface area contributed by atoms with E-state index < -0.39 is 0 Å². The number of piperazine rings is 1. The van der Waals surface area contributed by atoms with Crippen molar-refractivity contribution in [3.63, 3.8) is 0 Å². The zero-order chi connectivity index (χ0) is 17.2. The van der Waals surface area contributed by atoms with Crippen LogP contribution in [0.2, 0.25) is 0 Å². The monoisotopic (exact) mass is 371 g/mol. The van der Waals surface area contributed by atoms with Crippen molar-refractivity contribution in [2.75, 3.05) is 60.6 Å². The molecule has 0 unspecified atom stereocenters. The number of halogens is 1. The van der Waals surface area contributed by atoms with Gasteiger partial charge in [0.1, 0.15) is 0 Å². The van der Waals surface area contributed by atoms with E-state index in [1.807, 2.05) is 18.2 Å². The third-order valence-corrected chi connectivity index (χ3v) is 4.59. The van der Waals surface area contributed by atoms with Gasteiger partial charge in [-0.25, -0.2) is 0 Å². The SMILES string of the molecule is COc1cccc(OC)c1OCCCCCCN1CCN(C)CC1.[Cl-]. The molecule has 144 valence electrons. The number of hydrogen-bond donors (Lipinski definition) is 0. The van der Waals surface area contributed by atoms with Crippen LogP contribution >= 0.6 is 0 Å². The highest BCUT2D eigenvalue weighted by molar-refractivity contribution is 5.51. The largest absolute Gasteiger partial charge is 1.00 e. The third-order valence-electron chi connectivity index (χ3n) is 4.59. The van der Waals surface area contributed by atoms with Crippen LogP contribution in [0.25, 0.3) is 0 Å². The number of para-hydroxylation sites is 1. The molecule has 1 heterocycles. The maximum atomic E-state index is 5.89. The Morgan fingerprint density at radius 3 is 2.08 bits per heavy atom. The standard InChI is InChI=1S/C19H32N2O3.ClH/c1-20-12-14-21(15-13-20)11-6-4-5-7-16-24-19-17(22-2)9-8-10-18(19)23-3;/h8-10H,4-7,11-16H2,1-3H3;1H/p-1. The van der Waals surface area contributed by atoms with Crippen molar-refractivity contribution in [3.8, 4) is 17.2 Å². The van der Waals surface area contributed by atoms with Gasteiger partial charge in [0, 0.05) is 26.2 Å². The number of rotatable bonds is 10. The Morgan fingerprint density at radius 2 is 1.48 bits per heavy atom. The van der Waals surface area contributed by atoms with Crippen LogP contribution in [0.5, 0.6) is 17.2 Å². The second-order valence-corrected chi connectivity index (χ2v) is 6.40. The van der Waals surface area contributed by atoms with Crippen LogP contribution in [-0.4, -0.2) is 70.4 Å². The van der Waals surface area contributed by atoms with Gasteiger partial charge in [0.25, 0.3) is 0 Å². The summed E-state index contributed by atoms with van der Waals surface area (Å²) in [5.41, 5.74) is 0. The molecule has 1 aliphatic heterocycles. The normalized spacial score (nSPS) is 15.5. The van der Waals surface area contributed by atoms with E-state index in [0.717, 1.165) is 17.9 Å². The molecular formula is C19H32ClN2O3-. The molecule has 0 radical (unpaired) electrons. The fraction of sp³-hybridized carbons (Fsp3) is 0.684. The van der Waals surface area contributed by atoms with Crippen LogP contribution in [-0.2, 0) is 0 Å². The van der Waals surface area contributed by atoms with Crippen LogP contribution in [0.3, 0.4) is 0 Å². The van der Waals surface area contributed by atoms with Gasteiger partial charge in [-0.15, -0.1) is 0 Å². The van der Waals surface area contributed by atoms with E-state index in [0.29, 0.717) is 12.4 Å². The van der Waals surface area contributed by atoms with E-state index in [9.17, 15) is 0 Å². The number of ether oxygens (including phenoxy) is 3. The summed E-state index contributed by atoms with van der Waals surface area (Å²) >= 11 is 0. The minimum Gasteiger partial charge on any atom is -1.00 e. The maximum Gasteiger partial charge on any atom is 0.203 e. The van der Waals surface area contributed by atoms with E-state index in [2.05, 4.69) is 16.8 Å². The molecule has 1 fully saturated rings. The number of unbranched alkanes of at least 4 members (excludes halogenated alkanes) is 3. The quantitative estimate of drug-likeness (QED) is 0.536. The first-order chi connectivity index (χ1) is 11.7. The molecule has 0 saturated carbocycles. The molecule has 1 aromatic carbocycles. The fourth-order valence-corrected chi connectivity index (χ4v) is 3.00. The molecule has 25 heavy (non-hydrogen) atoms. The second kappa shape index (κ2) is 12.2. The lowest BCUT2D eigenvalue weighted by Gasteiger charge is -2.32. The minimum absolute atomic E-state index is 0. The van der Waals surface area contributed by atoms with Crippen molar-refractivity contribution < 1.29 is 26.6 Å². The van der Waals surface area contributed by atoms with Crippen LogP contribution in [0, 0.1) is 0 Å². The van der Waals surface area contributed by atoms with Gasteiger partial charge >= 0.3 is 0 Å². The van der Waals surface area contributed by atoms with Gasteiger partial charge in [-0.05, 0) is 38.6 Å². The predicted octanol–water partition coefficient (Wildman–Crippen LogP) is -0.106. The number of nitrogens with zero attached hydrogens (tertiary/aromatic N) is 2. The van der Waals surface area contributed by atoms with Gasteiger partial charge < -0.3 is 36.4 Å². The lowest BCUT2D eigenvalue weighted by atomic mass is 10.2. The first-order valence-corrected chi connectivity index (χ1v) is 8.99. The van der Waals surface area contributed by atoms with Crippen molar-refractivity contribution in [3.05, 3.63) is 18.2 Å². The van der Waals surface area contributed by atoms with E-state index in [1.165, 1.54) is 52.0 Å². The van der Waals surface area contributed by atoms with Crippen molar-refractivity contribution in [2.24, 2.45) is 0 Å². The molecule has 1 saturated heterocycles. The fourth-order valence-electron chi connectivity index (χ4n) is 3.00. The van der Waals surface area contributed by atoms with Gasteiger partial charge in [0.05, 0.1) is 20.8 Å². The molecule has 0 bridgehead atoms. The Kier molecular flexibility index (Phi) is 10.7. The van der Waals surface area contributed by atoms with E-state index in [1.54, 1.807) is 14.2 Å². The minimum atomic E-state index is 0. The highest BCUT2D eigenvalue weighted by Gasteiger charge is 2.13. The highest BCUT2D eigenvalue weighted by Crippen LogP contribution is 2.36. The van der Waals surface area contributed by atoms with Crippen LogP contribution in [0.1, 0.15) is 25.7 Å². The summed E-state index contributed by atoms with van der Waals surface area (Å²) in [5.74, 6) is 2.16. The second-order valence-electron chi connectivity index (χ2n) is 6.40. The first-order valence-electron chi connectivity index (χ1n) is 8.99. The molecule has 5 nitrogen and oxygen atoms in total. The van der Waals surface area contributed by atoms with Crippen molar-refractivity contribution in [1.82, 2.24) is 9.80 Å². The summed E-state index contributed by atoms with van der Waals surface area (Å²) < 4.78 is 16.6. The van der Waals surface area contributed by atoms with Crippen molar-refractivity contribution in [1.29, 1.82) is 0 Å². The Labute approximate surface area is 158 Å². The molecular weight excluding hydrogens is 340 g/mol. The van der Waals surface area contributed by atoms with Crippen LogP contribution < -0.4 is 26.6 Å². The predicted molar refractivity (Wildman–Crippen MR) is 97.4 cm³/mol. The van der Waals surface area contributed by atoms with Crippen molar-refractivity contribution >= 4 is 0 Å². The average Bonchev–Trinajstić information content (AvgIpc) is 2.62. The van der Waals surface area contributed by atoms with E-state index >= 15 is 0 Å². The van der Waals surface area contributed by atoms with E-state index in [-0.39, 0.29) is 12.4 Å². The zero-order valence-corrected chi connectivity index (χ0v) is 16.6. The summed E-state index contributed by atoms with van der Waals surface area (Å²) in [7, 11) is 5.51. The lowest BCUT2D eigenvalue weighted by Crippen LogP contribution is -3.00. The number of benzene rings is 1. The van der Waals surface area contributed by atoms with E-state index in [4.69, 9.17) is 14.2 Å². The summed E-state index contributed by atoms with van der Waals surface area (Å²) in [4.78, 5) is 4.98. The lowest BCUT2D eigenvalue weighted by molar-refractivity contribution is -0.00000595. The van der Waals surface area contributed by atoms with Crippen LogP contribution in [0.4, 0.5) is 0 Å². The first kappa shape index (κ1) is 21.9. The van der Waals surface area contributed by atoms with Gasteiger partial charge in [-0.1, -0.05) is 18.9 Å². The molecule has 1 aromatic rings. The third kappa shape index (κ3) is 7.30. The molecule has 0 aromatic heterocycles. The zero-order valence-electron chi connectivity index (χ0n) is 15.8. The van der Waals surface area contributed by atoms with Gasteiger partial charge in [-0.3, -0.25) is 0 Å². The molecule has 0 aliphatic carbocycles. The Balaban J connectivity index is 0.00000312. The van der Waals surface area contributed by atoms with Gasteiger partial charge in [-0.2, -0.15) is 0 Å². The highest BCUT2D eigenvalue weighted by atomic mass is 35.5. The molecule has 0 amide bonds. The number of methoxy groups -OCH3 is 2. The topological polar surface area (TPSA) is 34.2 Å². The molecule has 0 atom stereocenters. The summed E-state index contributed by atoms with van der Waals surface area (Å²) in [6, 6.07) is 5.70. The Hall–Kier alpha value is -1.17. The summed E-state index contributed by atoms with van der Waals surface area (Å²) in [6.07, 6.45) is 4.80. The van der Waals surface area contributed by atoms with Crippen LogP contribution in [0.15, 0.2) is 18.2 Å². The summed E-state index contributed by atoms with van der Waals surface area (Å²) in [6.45, 7) is 6.77. The molecule has 0 N–H and O–H groups in total. The number of hydrogen-bond acceptors (Lipinski definition) is 5. The average molecular weight is 372 g/mol. The Bertz CT molecular complexity index is 457. The summed E-state index contributed by atoms with van der Waals surface area (Å²) in [5, 5.41) is 0. The van der Waals surface area contributed by atoms with Gasteiger partial charge in [0.2, 0.25) is 5.75 Å². The molecule has 2 rings (SSSR count). The molecule has 1 aliphatic rings. The maximum absolute atomic E-state index is 5.89. The Morgan fingerprint density at radius 1 is 0.880 bits per heavy atom. The molecule has 6 heteroatoms. The number of likely N-dealkylation sites (N-methyl/N-ethyl adjacent to an activating group) is 1.